The van der Waals surface area contributed by atoms with Crippen molar-refractivity contribution in [1.82, 2.24) is 14.8 Å². The van der Waals surface area contributed by atoms with E-state index in [0.29, 0.717) is 6.04 Å². The molecule has 2 aromatic rings. The Hall–Kier alpha value is -1.07. The van der Waals surface area contributed by atoms with E-state index in [4.69, 9.17) is 11.6 Å². The molecule has 1 saturated carbocycles. The maximum atomic E-state index is 6.56. The zero-order valence-corrected chi connectivity index (χ0v) is 14.1. The molecular formula is C15H16BrClN4. The lowest BCUT2D eigenvalue weighted by Gasteiger charge is -2.24. The van der Waals surface area contributed by atoms with Crippen LogP contribution in [0.1, 0.15) is 36.4 Å². The lowest BCUT2D eigenvalue weighted by atomic mass is 9.81. The minimum Gasteiger partial charge on any atom is -0.369 e. The van der Waals surface area contributed by atoms with Crippen LogP contribution in [-0.4, -0.2) is 21.3 Å². The second kappa shape index (κ2) is 4.71. The molecule has 1 aliphatic carbocycles. The number of aryl methyl sites for hydroxylation is 1. The molecule has 3 heterocycles. The second-order valence-corrected chi connectivity index (χ2v) is 7.40. The Morgan fingerprint density at radius 1 is 1.48 bits per heavy atom. The van der Waals surface area contributed by atoms with Crippen molar-refractivity contribution >= 4 is 33.3 Å². The molecule has 2 aliphatic rings. The van der Waals surface area contributed by atoms with Gasteiger partial charge in [-0.1, -0.05) is 11.6 Å². The highest BCUT2D eigenvalue weighted by Crippen LogP contribution is 2.54. The van der Waals surface area contributed by atoms with Crippen molar-refractivity contribution in [2.75, 3.05) is 11.9 Å². The molecule has 0 unspecified atom stereocenters. The Morgan fingerprint density at radius 2 is 2.33 bits per heavy atom. The van der Waals surface area contributed by atoms with Crippen LogP contribution in [0.5, 0.6) is 0 Å². The molecule has 21 heavy (non-hydrogen) atoms. The summed E-state index contributed by atoms with van der Waals surface area (Å²) >= 11 is 10.1. The van der Waals surface area contributed by atoms with Gasteiger partial charge in [0.15, 0.2) is 0 Å². The summed E-state index contributed by atoms with van der Waals surface area (Å²) in [7, 11) is 0. The summed E-state index contributed by atoms with van der Waals surface area (Å²) in [5.74, 6) is 0.945. The van der Waals surface area contributed by atoms with Crippen LogP contribution in [0.25, 0.3) is 0 Å². The summed E-state index contributed by atoms with van der Waals surface area (Å²) in [4.78, 5) is 4.48. The van der Waals surface area contributed by atoms with E-state index in [1.807, 2.05) is 6.20 Å². The Balaban J connectivity index is 1.72. The van der Waals surface area contributed by atoms with Crippen LogP contribution >= 0.6 is 27.5 Å². The lowest BCUT2D eigenvalue weighted by Crippen LogP contribution is -2.25. The van der Waals surface area contributed by atoms with Gasteiger partial charge in [-0.05, 0) is 47.7 Å². The van der Waals surface area contributed by atoms with E-state index >= 15 is 0 Å². The van der Waals surface area contributed by atoms with Crippen molar-refractivity contribution < 1.29 is 0 Å². The number of halogens is 2. The normalized spacial score (nSPS) is 27.1. The number of pyridine rings is 1. The summed E-state index contributed by atoms with van der Waals surface area (Å²) in [5.41, 5.74) is 2.49. The largest absolute Gasteiger partial charge is 0.369 e. The van der Waals surface area contributed by atoms with Gasteiger partial charge >= 0.3 is 0 Å². The smallest absolute Gasteiger partial charge is 0.131 e. The predicted molar refractivity (Wildman–Crippen MR) is 87.0 cm³/mol. The molecule has 4 nitrogen and oxygen atoms in total. The van der Waals surface area contributed by atoms with E-state index in [1.165, 1.54) is 11.1 Å². The number of hydrogen-bond acceptors (Lipinski definition) is 3. The SMILES string of the molecule is Cc1cnn([C@H]2CC[C@@]3(CNc4ncc(Br)c(Cl)c43)C2)c1. The fourth-order valence-corrected chi connectivity index (χ4v) is 4.41. The number of fused-ring (bicyclic) bond motifs is 2. The van der Waals surface area contributed by atoms with Crippen LogP contribution in [0.4, 0.5) is 5.82 Å². The highest BCUT2D eigenvalue weighted by Gasteiger charge is 2.47. The minimum atomic E-state index is 0.0910. The van der Waals surface area contributed by atoms with Crippen molar-refractivity contribution in [2.45, 2.75) is 37.6 Å². The van der Waals surface area contributed by atoms with Crippen LogP contribution < -0.4 is 5.32 Å². The van der Waals surface area contributed by atoms with E-state index in [9.17, 15) is 0 Å². The molecule has 2 aromatic heterocycles. The van der Waals surface area contributed by atoms with Crippen molar-refractivity contribution in [1.29, 1.82) is 0 Å². The minimum absolute atomic E-state index is 0.0910. The number of hydrogen-bond donors (Lipinski definition) is 1. The summed E-state index contributed by atoms with van der Waals surface area (Å²) in [6.07, 6.45) is 9.15. The maximum Gasteiger partial charge on any atom is 0.131 e. The van der Waals surface area contributed by atoms with Crippen LogP contribution in [0.2, 0.25) is 5.02 Å². The molecule has 4 rings (SSSR count). The van der Waals surface area contributed by atoms with Gasteiger partial charge in [0.1, 0.15) is 5.82 Å². The monoisotopic (exact) mass is 366 g/mol. The quantitative estimate of drug-likeness (QED) is 0.825. The van der Waals surface area contributed by atoms with Crippen molar-refractivity contribution in [3.8, 4) is 0 Å². The first-order chi connectivity index (χ1) is 10.1. The van der Waals surface area contributed by atoms with Crippen LogP contribution in [0.3, 0.4) is 0 Å². The van der Waals surface area contributed by atoms with Gasteiger partial charge in [-0.15, -0.1) is 0 Å². The Labute approximate surface area is 137 Å². The molecule has 0 saturated heterocycles. The van der Waals surface area contributed by atoms with Crippen molar-refractivity contribution in [3.63, 3.8) is 0 Å². The molecular weight excluding hydrogens is 352 g/mol. The first-order valence-electron chi connectivity index (χ1n) is 7.18. The first kappa shape index (κ1) is 13.6. The number of nitrogens with zero attached hydrogens (tertiary/aromatic N) is 3. The lowest BCUT2D eigenvalue weighted by molar-refractivity contribution is 0.418. The fourth-order valence-electron chi connectivity index (χ4n) is 3.77. The molecule has 1 aliphatic heterocycles. The zero-order chi connectivity index (χ0) is 14.6. The van der Waals surface area contributed by atoms with Gasteiger partial charge in [-0.25, -0.2) is 4.98 Å². The van der Waals surface area contributed by atoms with Gasteiger partial charge in [-0.2, -0.15) is 5.10 Å². The van der Waals surface area contributed by atoms with E-state index in [0.717, 1.165) is 41.1 Å². The van der Waals surface area contributed by atoms with Gasteiger partial charge in [0.05, 0.1) is 21.7 Å². The van der Waals surface area contributed by atoms with E-state index in [-0.39, 0.29) is 5.41 Å². The Bertz CT molecular complexity index is 714. The molecule has 110 valence electrons. The Kier molecular flexibility index (Phi) is 3.05. The van der Waals surface area contributed by atoms with E-state index in [1.54, 1.807) is 6.20 Å². The topological polar surface area (TPSA) is 42.7 Å². The third-order valence-corrected chi connectivity index (χ3v) is 6.01. The van der Waals surface area contributed by atoms with Gasteiger partial charge in [0, 0.05) is 29.9 Å². The van der Waals surface area contributed by atoms with Crippen molar-refractivity contribution in [2.24, 2.45) is 0 Å². The van der Waals surface area contributed by atoms with E-state index < -0.39 is 0 Å². The molecule has 0 amide bonds. The standard InChI is InChI=1S/C15H16BrClN4/c1-9-5-20-21(7-9)10-2-3-15(4-10)8-19-14-12(15)13(17)11(16)6-18-14/h5-7,10H,2-4,8H2,1H3,(H,18,19)/t10-,15-/m0/s1. The molecule has 2 atom stereocenters. The third kappa shape index (κ3) is 2.01. The summed E-state index contributed by atoms with van der Waals surface area (Å²) < 4.78 is 2.99. The average Bonchev–Trinajstić information content (AvgIpc) is 3.15. The fraction of sp³-hybridized carbons (Fsp3) is 0.467. The number of nitrogens with one attached hydrogen (secondary N) is 1. The first-order valence-corrected chi connectivity index (χ1v) is 8.35. The predicted octanol–water partition coefficient (Wildman–Crippen LogP) is 4.09. The number of rotatable bonds is 1. The number of aromatic nitrogens is 3. The summed E-state index contributed by atoms with van der Waals surface area (Å²) in [5, 5.41) is 8.73. The molecule has 6 heteroatoms. The molecule has 0 aromatic carbocycles. The molecule has 0 bridgehead atoms. The molecule has 1 fully saturated rings. The van der Waals surface area contributed by atoms with Crippen LogP contribution in [0.15, 0.2) is 23.1 Å². The Morgan fingerprint density at radius 3 is 3.10 bits per heavy atom. The highest BCUT2D eigenvalue weighted by atomic mass is 79.9. The second-order valence-electron chi connectivity index (χ2n) is 6.17. The van der Waals surface area contributed by atoms with Gasteiger partial charge in [0.25, 0.3) is 0 Å². The molecule has 0 radical (unpaired) electrons. The zero-order valence-electron chi connectivity index (χ0n) is 11.7. The van der Waals surface area contributed by atoms with Gasteiger partial charge in [0.2, 0.25) is 0 Å². The summed E-state index contributed by atoms with van der Waals surface area (Å²) in [6, 6.07) is 0.446. The average molecular weight is 368 g/mol. The number of anilines is 1. The summed E-state index contributed by atoms with van der Waals surface area (Å²) in [6.45, 7) is 3.00. The van der Waals surface area contributed by atoms with Gasteiger partial charge < -0.3 is 5.32 Å². The third-order valence-electron chi connectivity index (χ3n) is 4.78. The maximum absolute atomic E-state index is 6.56. The molecule has 1 spiro atoms. The van der Waals surface area contributed by atoms with Crippen LogP contribution in [0, 0.1) is 6.92 Å². The molecule has 1 N–H and O–H groups in total. The van der Waals surface area contributed by atoms with E-state index in [2.05, 4.69) is 49.1 Å². The van der Waals surface area contributed by atoms with Gasteiger partial charge in [-0.3, -0.25) is 4.68 Å². The highest BCUT2D eigenvalue weighted by molar-refractivity contribution is 9.10. The van der Waals surface area contributed by atoms with Crippen LogP contribution in [-0.2, 0) is 5.41 Å². The van der Waals surface area contributed by atoms with Crippen molar-refractivity contribution in [3.05, 3.63) is 39.2 Å².